The summed E-state index contributed by atoms with van der Waals surface area (Å²) >= 11 is 0. The van der Waals surface area contributed by atoms with E-state index < -0.39 is 10.2 Å². The van der Waals surface area contributed by atoms with Crippen molar-refractivity contribution < 1.29 is 8.42 Å². The van der Waals surface area contributed by atoms with Crippen LogP contribution in [0.2, 0.25) is 0 Å². The first kappa shape index (κ1) is 15.3. The van der Waals surface area contributed by atoms with Gasteiger partial charge in [0.15, 0.2) is 0 Å². The Labute approximate surface area is 121 Å². The van der Waals surface area contributed by atoms with Crippen LogP contribution in [0.25, 0.3) is 0 Å². The second-order valence-corrected chi connectivity index (χ2v) is 6.99. The van der Waals surface area contributed by atoms with Crippen LogP contribution in [-0.4, -0.2) is 25.3 Å². The molecule has 1 fully saturated rings. The second kappa shape index (κ2) is 6.11. The average molecular weight is 297 g/mol. The molecule has 1 atom stereocenters. The Kier molecular flexibility index (Phi) is 4.67. The third-order valence-electron chi connectivity index (χ3n) is 3.90. The summed E-state index contributed by atoms with van der Waals surface area (Å²) in [4.78, 5) is 0. The lowest BCUT2D eigenvalue weighted by atomic mass is 10.1. The molecule has 0 bridgehead atoms. The first-order valence-electron chi connectivity index (χ1n) is 7.04. The van der Waals surface area contributed by atoms with Crippen LogP contribution in [0.1, 0.15) is 37.3 Å². The van der Waals surface area contributed by atoms with Crippen LogP contribution >= 0.6 is 0 Å². The van der Waals surface area contributed by atoms with E-state index in [1.807, 2.05) is 26.0 Å². The standard InChI is InChI=1S/C14H23N3O2S/c1-11-6-5-8-14(13(11)10-15)16-20(18,19)17-9-4-3-7-12(17)2/h5-6,8,12,16H,3-4,7,9-10,15H2,1-2H3. The smallest absolute Gasteiger partial charge is 0.301 e. The molecule has 1 saturated heterocycles. The number of nitrogens with two attached hydrogens (primary N) is 1. The third-order valence-corrected chi connectivity index (χ3v) is 5.54. The van der Waals surface area contributed by atoms with Gasteiger partial charge in [-0.25, -0.2) is 0 Å². The number of anilines is 1. The number of hydrogen-bond donors (Lipinski definition) is 2. The van der Waals surface area contributed by atoms with Gasteiger partial charge in [-0.1, -0.05) is 18.6 Å². The van der Waals surface area contributed by atoms with Gasteiger partial charge in [0, 0.05) is 19.1 Å². The van der Waals surface area contributed by atoms with Crippen molar-refractivity contribution in [3.63, 3.8) is 0 Å². The van der Waals surface area contributed by atoms with Crippen LogP contribution < -0.4 is 10.5 Å². The van der Waals surface area contributed by atoms with E-state index in [0.717, 1.165) is 30.4 Å². The van der Waals surface area contributed by atoms with E-state index in [1.165, 1.54) is 0 Å². The third kappa shape index (κ3) is 3.13. The summed E-state index contributed by atoms with van der Waals surface area (Å²) in [6.07, 6.45) is 2.92. The molecule has 1 aliphatic heterocycles. The van der Waals surface area contributed by atoms with E-state index >= 15 is 0 Å². The van der Waals surface area contributed by atoms with Crippen molar-refractivity contribution in [3.05, 3.63) is 29.3 Å². The lowest BCUT2D eigenvalue weighted by Gasteiger charge is -2.32. The number of hydrogen-bond acceptors (Lipinski definition) is 3. The summed E-state index contributed by atoms with van der Waals surface area (Å²) in [5.41, 5.74) is 8.16. The van der Waals surface area contributed by atoms with Gasteiger partial charge in [0.2, 0.25) is 0 Å². The van der Waals surface area contributed by atoms with Crippen molar-refractivity contribution in [2.24, 2.45) is 5.73 Å². The summed E-state index contributed by atoms with van der Waals surface area (Å²) in [7, 11) is -3.51. The molecule has 1 aliphatic rings. The summed E-state index contributed by atoms with van der Waals surface area (Å²) in [5, 5.41) is 0. The Morgan fingerprint density at radius 1 is 1.40 bits per heavy atom. The highest BCUT2D eigenvalue weighted by Crippen LogP contribution is 2.24. The van der Waals surface area contributed by atoms with Crippen molar-refractivity contribution in [2.75, 3.05) is 11.3 Å². The topological polar surface area (TPSA) is 75.4 Å². The summed E-state index contributed by atoms with van der Waals surface area (Å²) in [5.74, 6) is 0. The average Bonchev–Trinajstić information content (AvgIpc) is 2.39. The predicted molar refractivity (Wildman–Crippen MR) is 81.6 cm³/mol. The molecule has 6 heteroatoms. The highest BCUT2D eigenvalue weighted by molar-refractivity contribution is 7.90. The van der Waals surface area contributed by atoms with E-state index in [4.69, 9.17) is 5.73 Å². The zero-order valence-electron chi connectivity index (χ0n) is 12.1. The molecule has 3 N–H and O–H groups in total. The van der Waals surface area contributed by atoms with Crippen LogP contribution in [0.5, 0.6) is 0 Å². The molecule has 20 heavy (non-hydrogen) atoms. The molecule has 1 unspecified atom stereocenters. The van der Waals surface area contributed by atoms with Crippen LogP contribution in [0.4, 0.5) is 5.69 Å². The lowest BCUT2D eigenvalue weighted by molar-refractivity contribution is 0.270. The largest absolute Gasteiger partial charge is 0.326 e. The van der Waals surface area contributed by atoms with E-state index in [2.05, 4.69) is 4.72 Å². The fraction of sp³-hybridized carbons (Fsp3) is 0.571. The maximum Gasteiger partial charge on any atom is 0.301 e. The summed E-state index contributed by atoms with van der Waals surface area (Å²) in [6, 6.07) is 5.59. The molecule has 0 amide bonds. The molecular formula is C14H23N3O2S. The Balaban J connectivity index is 2.26. The summed E-state index contributed by atoms with van der Waals surface area (Å²) in [6.45, 7) is 4.79. The van der Waals surface area contributed by atoms with E-state index in [1.54, 1.807) is 10.4 Å². The molecular weight excluding hydrogens is 274 g/mol. The van der Waals surface area contributed by atoms with E-state index in [-0.39, 0.29) is 6.04 Å². The maximum atomic E-state index is 12.5. The van der Waals surface area contributed by atoms with E-state index in [9.17, 15) is 8.42 Å². The molecule has 1 aromatic carbocycles. The molecule has 0 aromatic heterocycles. The quantitative estimate of drug-likeness (QED) is 0.892. The Morgan fingerprint density at radius 2 is 2.15 bits per heavy atom. The van der Waals surface area contributed by atoms with Gasteiger partial charge in [-0.15, -0.1) is 0 Å². The van der Waals surface area contributed by atoms with Crippen molar-refractivity contribution >= 4 is 15.9 Å². The predicted octanol–water partition coefficient (Wildman–Crippen LogP) is 1.98. The lowest BCUT2D eigenvalue weighted by Crippen LogP contribution is -2.45. The van der Waals surface area contributed by atoms with Crippen molar-refractivity contribution in [3.8, 4) is 0 Å². The molecule has 1 heterocycles. The van der Waals surface area contributed by atoms with Gasteiger partial charge in [0.25, 0.3) is 0 Å². The number of benzene rings is 1. The minimum atomic E-state index is -3.51. The zero-order chi connectivity index (χ0) is 14.8. The number of piperidine rings is 1. The van der Waals surface area contributed by atoms with Crippen LogP contribution in [0.3, 0.4) is 0 Å². The van der Waals surface area contributed by atoms with Gasteiger partial charge in [0.1, 0.15) is 0 Å². The van der Waals surface area contributed by atoms with Gasteiger partial charge >= 0.3 is 10.2 Å². The highest BCUT2D eigenvalue weighted by atomic mass is 32.2. The Morgan fingerprint density at radius 3 is 2.80 bits per heavy atom. The maximum absolute atomic E-state index is 12.5. The van der Waals surface area contributed by atoms with Gasteiger partial charge in [-0.2, -0.15) is 12.7 Å². The Bertz CT molecular complexity index is 572. The van der Waals surface area contributed by atoms with Gasteiger partial charge in [0.05, 0.1) is 5.69 Å². The molecule has 112 valence electrons. The molecule has 5 nitrogen and oxygen atoms in total. The minimum absolute atomic E-state index is 0.0485. The van der Waals surface area contributed by atoms with Crippen LogP contribution in [-0.2, 0) is 16.8 Å². The van der Waals surface area contributed by atoms with Crippen LogP contribution in [0, 0.1) is 6.92 Å². The van der Waals surface area contributed by atoms with Gasteiger partial charge < -0.3 is 5.73 Å². The number of nitrogens with zero attached hydrogens (tertiary/aromatic N) is 1. The normalized spacial score (nSPS) is 20.9. The molecule has 1 aromatic rings. The summed E-state index contributed by atoms with van der Waals surface area (Å²) < 4.78 is 29.3. The monoisotopic (exact) mass is 297 g/mol. The Hall–Kier alpha value is -1.11. The molecule has 0 spiro atoms. The minimum Gasteiger partial charge on any atom is -0.326 e. The number of rotatable bonds is 4. The van der Waals surface area contributed by atoms with Crippen molar-refractivity contribution in [2.45, 2.75) is 45.7 Å². The van der Waals surface area contributed by atoms with Crippen molar-refractivity contribution in [1.82, 2.24) is 4.31 Å². The van der Waals surface area contributed by atoms with E-state index in [0.29, 0.717) is 18.8 Å². The molecule has 0 aliphatic carbocycles. The molecule has 2 rings (SSSR count). The SMILES string of the molecule is Cc1cccc(NS(=O)(=O)N2CCCCC2C)c1CN. The molecule has 0 saturated carbocycles. The fourth-order valence-corrected chi connectivity index (χ4v) is 4.23. The first-order chi connectivity index (χ1) is 9.45. The van der Waals surface area contributed by atoms with Gasteiger partial charge in [-0.3, -0.25) is 4.72 Å². The van der Waals surface area contributed by atoms with Crippen LogP contribution in [0.15, 0.2) is 18.2 Å². The zero-order valence-corrected chi connectivity index (χ0v) is 12.9. The highest BCUT2D eigenvalue weighted by Gasteiger charge is 2.29. The second-order valence-electron chi connectivity index (χ2n) is 5.37. The number of aryl methyl sites for hydroxylation is 1. The number of nitrogens with one attached hydrogen (secondary N) is 1. The molecule has 0 radical (unpaired) electrons. The first-order valence-corrected chi connectivity index (χ1v) is 8.48. The van der Waals surface area contributed by atoms with Gasteiger partial charge in [-0.05, 0) is 43.9 Å². The fourth-order valence-electron chi connectivity index (χ4n) is 2.70. The van der Waals surface area contributed by atoms with Crippen molar-refractivity contribution in [1.29, 1.82) is 0 Å².